The van der Waals surface area contributed by atoms with E-state index in [1.54, 1.807) is 26.0 Å². The molecule has 1 radical (unpaired) electrons. The molecule has 2 amide bonds. The van der Waals surface area contributed by atoms with Crippen LogP contribution in [0.15, 0.2) is 52.7 Å². The SMILES string of the molecule is CC(C)n1cc(S(=O)(=O)NC(=O)Nc2c(-c3ccnc(C#N)c3)ccc3c2CCC3)ncc1=O.[Na]. The van der Waals surface area contributed by atoms with Crippen LogP contribution in [0, 0.1) is 11.3 Å². The van der Waals surface area contributed by atoms with Crippen LogP contribution in [0.5, 0.6) is 0 Å². The summed E-state index contributed by atoms with van der Waals surface area (Å²) < 4.78 is 28.8. The van der Waals surface area contributed by atoms with E-state index in [1.807, 2.05) is 22.9 Å². The van der Waals surface area contributed by atoms with Crippen molar-refractivity contribution < 1.29 is 13.2 Å². The fourth-order valence-electron chi connectivity index (χ4n) is 3.97. The molecule has 0 atom stereocenters. The van der Waals surface area contributed by atoms with Crippen molar-refractivity contribution in [1.82, 2.24) is 19.3 Å². The summed E-state index contributed by atoms with van der Waals surface area (Å²) in [6.45, 7) is 3.46. The van der Waals surface area contributed by atoms with Crippen LogP contribution in [0.1, 0.15) is 43.1 Å². The second-order valence-corrected chi connectivity index (χ2v) is 9.77. The van der Waals surface area contributed by atoms with Crippen molar-refractivity contribution in [2.45, 2.75) is 44.2 Å². The summed E-state index contributed by atoms with van der Waals surface area (Å²) in [6.07, 6.45) is 6.01. The quantitative estimate of drug-likeness (QED) is 0.510. The van der Waals surface area contributed by atoms with Gasteiger partial charge < -0.3 is 9.88 Å². The van der Waals surface area contributed by atoms with E-state index >= 15 is 0 Å². The molecule has 1 aromatic carbocycles. The fourth-order valence-corrected chi connectivity index (χ4v) is 4.81. The largest absolute Gasteiger partial charge is 0.333 e. The zero-order valence-electron chi connectivity index (χ0n) is 19.6. The van der Waals surface area contributed by atoms with Gasteiger partial charge in [0.1, 0.15) is 11.8 Å². The molecule has 0 bridgehead atoms. The van der Waals surface area contributed by atoms with Gasteiger partial charge >= 0.3 is 6.03 Å². The smallest absolute Gasteiger partial charge is 0.309 e. The maximum absolute atomic E-state index is 12.8. The Bertz CT molecular complexity index is 1490. The van der Waals surface area contributed by atoms with Gasteiger partial charge in [-0.25, -0.2) is 19.5 Å². The van der Waals surface area contributed by atoms with E-state index in [2.05, 4.69) is 15.3 Å². The van der Waals surface area contributed by atoms with Gasteiger partial charge in [0.15, 0.2) is 5.03 Å². The van der Waals surface area contributed by atoms with E-state index in [0.29, 0.717) is 16.8 Å². The number of nitrogens with one attached hydrogen (secondary N) is 2. The van der Waals surface area contributed by atoms with Crippen LogP contribution in [-0.2, 0) is 22.9 Å². The molecule has 1 aliphatic rings. The number of nitriles is 1. The van der Waals surface area contributed by atoms with Crippen molar-refractivity contribution in [3.05, 3.63) is 70.0 Å². The number of fused-ring (bicyclic) bond motifs is 1. The van der Waals surface area contributed by atoms with Crippen molar-refractivity contribution in [3.63, 3.8) is 0 Å². The minimum absolute atomic E-state index is 0. The number of carbonyl (C=O) groups excluding carboxylic acids is 1. The van der Waals surface area contributed by atoms with E-state index in [9.17, 15) is 23.3 Å². The summed E-state index contributed by atoms with van der Waals surface area (Å²) in [4.78, 5) is 32.4. The summed E-state index contributed by atoms with van der Waals surface area (Å²) in [6, 6.07) is 7.89. The molecule has 2 N–H and O–H groups in total. The number of sulfonamides is 1. The Balaban J connectivity index is 0.00000342. The third-order valence-corrected chi connectivity index (χ3v) is 6.79. The molecular weight excluding hydrogens is 479 g/mol. The summed E-state index contributed by atoms with van der Waals surface area (Å²) in [5, 5.41) is 11.4. The Hall–Kier alpha value is -3.04. The fraction of sp³-hybridized carbons (Fsp3) is 0.261. The molecule has 2 aromatic heterocycles. The Morgan fingerprint density at radius 3 is 2.69 bits per heavy atom. The van der Waals surface area contributed by atoms with Gasteiger partial charge in [-0.1, -0.05) is 12.1 Å². The Labute approximate surface area is 224 Å². The molecule has 0 saturated heterocycles. The predicted molar refractivity (Wildman–Crippen MR) is 130 cm³/mol. The topological polar surface area (TPSA) is 147 Å². The number of nitrogens with zero attached hydrogens (tertiary/aromatic N) is 4. The molecule has 35 heavy (non-hydrogen) atoms. The molecule has 0 aliphatic heterocycles. The number of anilines is 1. The first-order valence-corrected chi connectivity index (χ1v) is 12.1. The van der Waals surface area contributed by atoms with Crippen molar-refractivity contribution in [2.24, 2.45) is 0 Å². The van der Waals surface area contributed by atoms with Crippen LogP contribution in [0.25, 0.3) is 11.1 Å². The molecule has 4 rings (SSSR count). The average molecular weight is 502 g/mol. The zero-order valence-corrected chi connectivity index (χ0v) is 22.4. The van der Waals surface area contributed by atoms with E-state index < -0.39 is 26.6 Å². The van der Waals surface area contributed by atoms with E-state index in [1.165, 1.54) is 10.8 Å². The summed E-state index contributed by atoms with van der Waals surface area (Å²) >= 11 is 0. The van der Waals surface area contributed by atoms with Crippen LogP contribution in [0.2, 0.25) is 0 Å². The molecular formula is C23H22N6NaO4S. The van der Waals surface area contributed by atoms with Crippen LogP contribution in [-0.4, -0.2) is 58.5 Å². The number of aromatic nitrogens is 3. The molecule has 0 saturated carbocycles. The minimum Gasteiger partial charge on any atom is -0.309 e. The number of hydrogen-bond acceptors (Lipinski definition) is 7. The van der Waals surface area contributed by atoms with Crippen LogP contribution in [0.3, 0.4) is 0 Å². The summed E-state index contributed by atoms with van der Waals surface area (Å²) in [5.74, 6) is 0. The van der Waals surface area contributed by atoms with Gasteiger partial charge in [-0.2, -0.15) is 13.7 Å². The van der Waals surface area contributed by atoms with Gasteiger partial charge in [0.25, 0.3) is 15.6 Å². The number of urea groups is 1. The van der Waals surface area contributed by atoms with Crippen molar-refractivity contribution in [1.29, 1.82) is 5.26 Å². The van der Waals surface area contributed by atoms with Gasteiger partial charge in [0, 0.05) is 53.6 Å². The first-order chi connectivity index (χ1) is 16.2. The maximum atomic E-state index is 12.8. The van der Waals surface area contributed by atoms with Crippen LogP contribution >= 0.6 is 0 Å². The van der Waals surface area contributed by atoms with E-state index in [0.717, 1.165) is 42.8 Å². The molecule has 175 valence electrons. The van der Waals surface area contributed by atoms with Gasteiger partial charge in [0.2, 0.25) is 0 Å². The Morgan fingerprint density at radius 2 is 1.97 bits per heavy atom. The minimum atomic E-state index is -4.34. The molecule has 12 heteroatoms. The third-order valence-electron chi connectivity index (χ3n) is 5.57. The molecule has 0 unspecified atom stereocenters. The van der Waals surface area contributed by atoms with Gasteiger partial charge in [0.05, 0.1) is 11.9 Å². The van der Waals surface area contributed by atoms with Gasteiger partial charge in [-0.15, -0.1) is 0 Å². The first-order valence-electron chi connectivity index (χ1n) is 10.6. The monoisotopic (exact) mass is 501 g/mol. The first kappa shape index (κ1) is 26.6. The van der Waals surface area contributed by atoms with Crippen LogP contribution < -0.4 is 15.6 Å². The number of carbonyl (C=O) groups is 1. The van der Waals surface area contributed by atoms with Crippen molar-refractivity contribution in [2.75, 3.05) is 5.32 Å². The zero-order chi connectivity index (χ0) is 24.5. The van der Waals surface area contributed by atoms with Gasteiger partial charge in [-0.05, 0) is 61.9 Å². The Kier molecular flexibility index (Phi) is 8.12. The standard InChI is InChI=1S/C23H22N6O4S.Na/c1-14(2)29-13-20(26-12-21(29)30)34(32,33)28-23(31)27-22-18-5-3-4-15(18)6-7-19(22)16-8-9-25-17(10-16)11-24;/h6-10,12-14H,3-5H2,1-2H3,(H2,27,28,31);. The summed E-state index contributed by atoms with van der Waals surface area (Å²) in [5.41, 5.74) is 3.58. The van der Waals surface area contributed by atoms with Crippen molar-refractivity contribution >= 4 is 51.3 Å². The molecule has 1 aliphatic carbocycles. The van der Waals surface area contributed by atoms with E-state index in [4.69, 9.17) is 0 Å². The molecule has 0 fully saturated rings. The Morgan fingerprint density at radius 1 is 1.20 bits per heavy atom. The third kappa shape index (κ3) is 5.62. The molecule has 10 nitrogen and oxygen atoms in total. The second-order valence-electron chi connectivity index (χ2n) is 8.15. The second kappa shape index (κ2) is 10.7. The average Bonchev–Trinajstić information content (AvgIpc) is 3.28. The number of rotatable bonds is 5. The normalized spacial score (nSPS) is 12.4. The number of benzene rings is 1. The number of amides is 2. The maximum Gasteiger partial charge on any atom is 0.333 e. The number of pyridine rings is 1. The molecule has 3 aromatic rings. The van der Waals surface area contributed by atoms with Gasteiger partial charge in [-0.3, -0.25) is 4.79 Å². The number of hydrogen-bond donors (Lipinski definition) is 2. The van der Waals surface area contributed by atoms with Crippen molar-refractivity contribution in [3.8, 4) is 17.2 Å². The summed E-state index contributed by atoms with van der Waals surface area (Å²) in [7, 11) is -4.34. The van der Waals surface area contributed by atoms with E-state index in [-0.39, 0.29) is 41.3 Å². The predicted octanol–water partition coefficient (Wildman–Crippen LogP) is 2.38. The van der Waals surface area contributed by atoms with Crippen LogP contribution in [0.4, 0.5) is 10.5 Å². The number of aryl methyl sites for hydroxylation is 1. The molecule has 2 heterocycles. The molecule has 0 spiro atoms.